The van der Waals surface area contributed by atoms with Crippen LogP contribution in [-0.2, 0) is 6.54 Å². The lowest BCUT2D eigenvalue weighted by molar-refractivity contribution is -0.133. The van der Waals surface area contributed by atoms with E-state index in [1.54, 1.807) is 12.1 Å². The molecule has 0 amide bonds. The zero-order valence-corrected chi connectivity index (χ0v) is 11.3. The molecule has 0 bridgehead atoms. The molecule has 0 fully saturated rings. The molecule has 0 saturated heterocycles. The highest BCUT2D eigenvalue weighted by molar-refractivity contribution is 7.13. The van der Waals surface area contributed by atoms with Gasteiger partial charge in [0.25, 0.3) is 0 Å². The van der Waals surface area contributed by atoms with Crippen LogP contribution in [0.3, 0.4) is 0 Å². The summed E-state index contributed by atoms with van der Waals surface area (Å²) in [6.07, 6.45) is -5.02. The van der Waals surface area contributed by atoms with Crippen molar-refractivity contribution in [3.8, 4) is 10.4 Å². The highest BCUT2D eigenvalue weighted by atomic mass is 32.1. The van der Waals surface area contributed by atoms with Gasteiger partial charge in [-0.15, -0.1) is 11.3 Å². The first-order valence-corrected chi connectivity index (χ1v) is 6.93. The van der Waals surface area contributed by atoms with E-state index in [9.17, 15) is 17.6 Å². The lowest BCUT2D eigenvalue weighted by Crippen LogP contribution is -2.21. The fraction of sp³-hybridized carbons (Fsp3) is 0.286. The maximum Gasteiger partial charge on any atom is 0.390 e. The normalized spacial score (nSPS) is 11.8. The molecule has 0 unspecified atom stereocenters. The Labute approximate surface area is 118 Å². The summed E-state index contributed by atoms with van der Waals surface area (Å²) in [5.41, 5.74) is 1.24. The summed E-state index contributed by atoms with van der Waals surface area (Å²) >= 11 is 1.42. The number of hydrogen-bond donors (Lipinski definition) is 1. The van der Waals surface area contributed by atoms with Crippen LogP contribution in [0.2, 0.25) is 0 Å². The van der Waals surface area contributed by atoms with Crippen molar-refractivity contribution in [3.05, 3.63) is 47.1 Å². The zero-order valence-electron chi connectivity index (χ0n) is 10.5. The quantitative estimate of drug-likeness (QED) is 0.629. The van der Waals surface area contributed by atoms with Crippen LogP contribution in [0.25, 0.3) is 10.4 Å². The summed E-state index contributed by atoms with van der Waals surface area (Å²) in [5.74, 6) is -0.327. The predicted octanol–water partition coefficient (Wildman–Crippen LogP) is 4.60. The Morgan fingerprint density at radius 2 is 1.95 bits per heavy atom. The molecule has 1 N–H and O–H groups in total. The largest absolute Gasteiger partial charge is 0.390 e. The molecule has 0 aliphatic carbocycles. The molecule has 6 heteroatoms. The third-order valence-electron chi connectivity index (χ3n) is 2.73. The van der Waals surface area contributed by atoms with Crippen molar-refractivity contribution < 1.29 is 17.6 Å². The van der Waals surface area contributed by atoms with Crippen molar-refractivity contribution in [2.75, 3.05) is 6.54 Å². The van der Waals surface area contributed by atoms with Crippen molar-refractivity contribution in [2.24, 2.45) is 0 Å². The van der Waals surface area contributed by atoms with E-state index >= 15 is 0 Å². The van der Waals surface area contributed by atoms with E-state index in [-0.39, 0.29) is 18.9 Å². The predicted molar refractivity (Wildman–Crippen MR) is 72.1 cm³/mol. The van der Waals surface area contributed by atoms with Crippen molar-refractivity contribution in [1.82, 2.24) is 5.32 Å². The van der Waals surface area contributed by atoms with Gasteiger partial charge in [-0.2, -0.15) is 13.2 Å². The molecule has 1 nitrogen and oxygen atoms in total. The molecule has 108 valence electrons. The van der Waals surface area contributed by atoms with Gasteiger partial charge in [0.1, 0.15) is 5.82 Å². The molecule has 1 aromatic heterocycles. The fourth-order valence-electron chi connectivity index (χ4n) is 1.77. The van der Waals surface area contributed by atoms with Crippen molar-refractivity contribution in [1.29, 1.82) is 0 Å². The number of rotatable bonds is 5. The van der Waals surface area contributed by atoms with Gasteiger partial charge in [0.05, 0.1) is 6.42 Å². The Balaban J connectivity index is 1.98. The zero-order chi connectivity index (χ0) is 14.6. The van der Waals surface area contributed by atoms with E-state index < -0.39 is 12.6 Å². The monoisotopic (exact) mass is 303 g/mol. The van der Waals surface area contributed by atoms with Crippen molar-refractivity contribution >= 4 is 11.3 Å². The second kappa shape index (κ2) is 6.37. The minimum absolute atomic E-state index is 0.144. The number of thiophene rings is 1. The van der Waals surface area contributed by atoms with E-state index in [1.165, 1.54) is 17.4 Å². The molecule has 1 aromatic carbocycles. The van der Waals surface area contributed by atoms with Crippen LogP contribution >= 0.6 is 11.3 Å². The van der Waals surface area contributed by atoms with Crippen LogP contribution in [-0.4, -0.2) is 12.7 Å². The van der Waals surface area contributed by atoms with Crippen LogP contribution in [0.5, 0.6) is 0 Å². The summed E-state index contributed by atoms with van der Waals surface area (Å²) < 4.78 is 49.7. The molecule has 2 rings (SSSR count). The third kappa shape index (κ3) is 4.31. The smallest absolute Gasteiger partial charge is 0.312 e. The summed E-state index contributed by atoms with van der Waals surface area (Å²) in [6.45, 7) is 0.143. The molecule has 2 aromatic rings. The van der Waals surface area contributed by atoms with Gasteiger partial charge < -0.3 is 5.32 Å². The van der Waals surface area contributed by atoms with E-state index in [1.807, 2.05) is 17.5 Å². The van der Waals surface area contributed by atoms with Gasteiger partial charge in [0, 0.05) is 23.5 Å². The minimum Gasteiger partial charge on any atom is -0.312 e. The molecule has 0 aliphatic rings. The summed E-state index contributed by atoms with van der Waals surface area (Å²) in [7, 11) is 0. The number of halogens is 4. The second-order valence-corrected chi connectivity index (χ2v) is 5.28. The third-order valence-corrected chi connectivity index (χ3v) is 3.63. The Kier molecular flexibility index (Phi) is 4.77. The lowest BCUT2D eigenvalue weighted by Gasteiger charge is -2.09. The van der Waals surface area contributed by atoms with Gasteiger partial charge in [0.15, 0.2) is 0 Å². The van der Waals surface area contributed by atoms with Gasteiger partial charge in [-0.05, 0) is 29.1 Å². The number of hydrogen-bond acceptors (Lipinski definition) is 2. The van der Waals surface area contributed by atoms with Crippen LogP contribution in [0.15, 0.2) is 35.7 Å². The molecule has 20 heavy (non-hydrogen) atoms. The molecule has 0 spiro atoms. The number of alkyl halides is 3. The molecule has 0 atom stereocenters. The topological polar surface area (TPSA) is 12.0 Å². The molecule has 0 aliphatic heterocycles. The SMILES string of the molecule is Fc1ccc(CNCCC(F)(F)F)cc1-c1cccs1. The van der Waals surface area contributed by atoms with Crippen LogP contribution in [0.1, 0.15) is 12.0 Å². The molecular weight excluding hydrogens is 290 g/mol. The Bertz CT molecular complexity index is 549. The van der Waals surface area contributed by atoms with Gasteiger partial charge in [-0.1, -0.05) is 12.1 Å². The van der Waals surface area contributed by atoms with Crippen LogP contribution in [0.4, 0.5) is 17.6 Å². The summed E-state index contributed by atoms with van der Waals surface area (Å²) in [5, 5.41) is 4.56. The first-order valence-electron chi connectivity index (χ1n) is 6.05. The van der Waals surface area contributed by atoms with Crippen molar-refractivity contribution in [3.63, 3.8) is 0 Å². The van der Waals surface area contributed by atoms with Crippen LogP contribution in [0, 0.1) is 5.82 Å². The first kappa shape index (κ1) is 15.0. The summed E-state index contributed by atoms with van der Waals surface area (Å²) in [6, 6.07) is 8.22. The van der Waals surface area contributed by atoms with Gasteiger partial charge in [-0.25, -0.2) is 4.39 Å². The maximum absolute atomic E-state index is 13.7. The molecule has 0 radical (unpaired) electrons. The second-order valence-electron chi connectivity index (χ2n) is 4.33. The number of nitrogens with one attached hydrogen (secondary N) is 1. The highest BCUT2D eigenvalue weighted by Crippen LogP contribution is 2.28. The van der Waals surface area contributed by atoms with E-state index in [0.29, 0.717) is 5.56 Å². The first-order chi connectivity index (χ1) is 9.46. The number of benzene rings is 1. The average molecular weight is 303 g/mol. The van der Waals surface area contributed by atoms with Gasteiger partial charge in [0.2, 0.25) is 0 Å². The molecule has 0 saturated carbocycles. The molecular formula is C14H13F4NS. The van der Waals surface area contributed by atoms with E-state index in [0.717, 1.165) is 10.4 Å². The standard InChI is InChI=1S/C14H13F4NS/c15-12-4-3-10(9-19-6-5-14(16,17)18)8-11(12)13-2-1-7-20-13/h1-4,7-8,19H,5-6,9H2. The van der Waals surface area contributed by atoms with E-state index in [4.69, 9.17) is 0 Å². The highest BCUT2D eigenvalue weighted by Gasteiger charge is 2.25. The summed E-state index contributed by atoms with van der Waals surface area (Å²) in [4.78, 5) is 0.805. The maximum atomic E-state index is 13.7. The fourth-order valence-corrected chi connectivity index (χ4v) is 2.51. The van der Waals surface area contributed by atoms with Crippen LogP contribution < -0.4 is 5.32 Å². The Morgan fingerprint density at radius 3 is 2.60 bits per heavy atom. The van der Waals surface area contributed by atoms with Gasteiger partial charge in [-0.3, -0.25) is 0 Å². The minimum atomic E-state index is -4.15. The van der Waals surface area contributed by atoms with E-state index in [2.05, 4.69) is 5.32 Å². The average Bonchev–Trinajstić information content (AvgIpc) is 2.89. The van der Waals surface area contributed by atoms with Crippen molar-refractivity contribution in [2.45, 2.75) is 19.1 Å². The van der Waals surface area contributed by atoms with Gasteiger partial charge >= 0.3 is 6.18 Å². The Hall–Kier alpha value is -1.40. The lowest BCUT2D eigenvalue weighted by atomic mass is 10.1. The molecule has 1 heterocycles. The Morgan fingerprint density at radius 1 is 1.15 bits per heavy atom.